The molecule has 310 valence electrons. The van der Waals surface area contributed by atoms with Gasteiger partial charge in [-0.1, -0.05) is 18.2 Å². The van der Waals surface area contributed by atoms with Crippen LogP contribution in [0.4, 0.5) is 35.3 Å². The number of rotatable bonds is 9. The molecule has 2 aromatic heterocycles. The summed E-state index contributed by atoms with van der Waals surface area (Å²) in [7, 11) is 0. The van der Waals surface area contributed by atoms with Gasteiger partial charge >= 0.3 is 6.09 Å². The highest BCUT2D eigenvalue weighted by Gasteiger charge is 2.37. The Morgan fingerprint density at radius 2 is 1.66 bits per heavy atom. The quantitative estimate of drug-likeness (QED) is 0.198. The monoisotopic (exact) mass is 813 g/mol. The number of benzene rings is 2. The summed E-state index contributed by atoms with van der Waals surface area (Å²) >= 11 is 0. The lowest BCUT2D eigenvalue weighted by Crippen LogP contribution is -2.58. The Kier molecular flexibility index (Phi) is 11.8. The van der Waals surface area contributed by atoms with Gasteiger partial charge in [-0.25, -0.2) is 27.9 Å². The second-order valence-corrected chi connectivity index (χ2v) is 15.5. The number of piperazine rings is 1. The number of imide groups is 1. The van der Waals surface area contributed by atoms with E-state index in [0.717, 1.165) is 6.20 Å². The second-order valence-electron chi connectivity index (χ2n) is 15.5. The number of ether oxygens (including phenoxy) is 1. The molecule has 3 amide bonds. The molecule has 3 unspecified atom stereocenters. The van der Waals surface area contributed by atoms with E-state index >= 15 is 8.78 Å². The highest BCUT2D eigenvalue weighted by Crippen LogP contribution is 2.31. The summed E-state index contributed by atoms with van der Waals surface area (Å²) in [5.41, 5.74) is 1.70. The summed E-state index contributed by atoms with van der Waals surface area (Å²) in [6.45, 7) is 2.31. The maximum atomic E-state index is 15.7. The average Bonchev–Trinajstić information content (AvgIpc) is 3.23. The van der Waals surface area contributed by atoms with E-state index in [-0.39, 0.29) is 66.0 Å². The molecular weight excluding hydrogens is 768 g/mol. The number of piperidine rings is 2. The molecule has 4 aromatic rings. The lowest BCUT2D eigenvalue weighted by Gasteiger charge is -2.44. The molecule has 59 heavy (non-hydrogen) atoms. The normalized spacial score (nSPS) is 24.0. The molecule has 14 nitrogen and oxygen atoms in total. The molecule has 3 N–H and O–H groups in total. The van der Waals surface area contributed by atoms with Crippen LogP contribution in [0.1, 0.15) is 44.9 Å². The lowest BCUT2D eigenvalue weighted by molar-refractivity contribution is -0.133. The molecule has 1 aliphatic carbocycles. The Labute approximate surface area is 338 Å². The molecule has 4 aliphatic rings. The molecule has 3 atom stereocenters. The van der Waals surface area contributed by atoms with Crippen molar-refractivity contribution in [3.63, 3.8) is 0 Å². The smallest absolute Gasteiger partial charge is 0.410 e. The highest BCUT2D eigenvalue weighted by molar-refractivity contribution is 6.01. The average molecular weight is 814 g/mol. The predicted octanol–water partition coefficient (Wildman–Crippen LogP) is 4.88. The molecule has 3 aliphatic heterocycles. The van der Waals surface area contributed by atoms with Gasteiger partial charge in [-0.3, -0.25) is 29.2 Å². The van der Waals surface area contributed by atoms with Gasteiger partial charge < -0.3 is 25.2 Å². The first-order valence-electron chi connectivity index (χ1n) is 20.1. The summed E-state index contributed by atoms with van der Waals surface area (Å²) in [5, 5.41) is 8.56. The Morgan fingerprint density at radius 3 is 2.41 bits per heavy atom. The fourth-order valence-electron chi connectivity index (χ4n) is 8.45. The van der Waals surface area contributed by atoms with Crippen LogP contribution in [-0.2, 0) is 14.3 Å². The van der Waals surface area contributed by atoms with E-state index in [4.69, 9.17) is 4.74 Å². The number of amides is 3. The standard InChI is InChI=1S/C42H46F3N9O5/c43-31-23-28(47-34-12-14-37(55)49-40(34)57)9-13-35(31)53-17-15-36(33(45)25-53)51-18-20-52(21-19-51)42(58)59-30-10-7-27(8-11-30)48-41-46-24-32(44)39(50-41)26-4-3-5-29(22-26)54-16-2-1-6-38(54)56/h1-6,9,13,16,22-24,27,30,33-34,36,47H,7-8,10-12,14-15,17-21,25H2,(H,46,48,50)(H,49,55,57). The molecule has 4 fully saturated rings. The van der Waals surface area contributed by atoms with Crippen molar-refractivity contribution in [3.05, 3.63) is 95.0 Å². The van der Waals surface area contributed by atoms with E-state index < -0.39 is 29.8 Å². The summed E-state index contributed by atoms with van der Waals surface area (Å²) < 4.78 is 53.2. The first-order valence-corrected chi connectivity index (χ1v) is 20.1. The van der Waals surface area contributed by atoms with Crippen LogP contribution in [0, 0.1) is 11.6 Å². The van der Waals surface area contributed by atoms with E-state index in [1.54, 1.807) is 64.5 Å². The first-order chi connectivity index (χ1) is 28.6. The number of aromatic nitrogens is 3. The van der Waals surface area contributed by atoms with Gasteiger partial charge in [-0.15, -0.1) is 0 Å². The summed E-state index contributed by atoms with van der Waals surface area (Å²) in [6.07, 6.45) is 4.58. The van der Waals surface area contributed by atoms with Crippen LogP contribution in [0.25, 0.3) is 16.9 Å². The van der Waals surface area contributed by atoms with Crippen LogP contribution in [0.2, 0.25) is 0 Å². The van der Waals surface area contributed by atoms with Crippen molar-refractivity contribution >= 4 is 35.2 Å². The molecule has 2 aromatic carbocycles. The zero-order valence-corrected chi connectivity index (χ0v) is 32.4. The van der Waals surface area contributed by atoms with Crippen molar-refractivity contribution in [2.24, 2.45) is 0 Å². The van der Waals surface area contributed by atoms with E-state index in [9.17, 15) is 23.6 Å². The van der Waals surface area contributed by atoms with Crippen LogP contribution in [-0.4, -0.2) is 112 Å². The number of nitrogens with one attached hydrogen (secondary N) is 3. The molecule has 17 heteroatoms. The molecule has 8 rings (SSSR count). The molecule has 0 radical (unpaired) electrons. The Hall–Kier alpha value is -5.97. The van der Waals surface area contributed by atoms with Gasteiger partial charge in [0.15, 0.2) is 5.82 Å². The topological polar surface area (TPSA) is 154 Å². The minimum atomic E-state index is -1.23. The van der Waals surface area contributed by atoms with Crippen molar-refractivity contribution in [1.29, 1.82) is 0 Å². The third-order valence-corrected chi connectivity index (χ3v) is 11.7. The van der Waals surface area contributed by atoms with Crippen molar-refractivity contribution < 1.29 is 32.3 Å². The maximum absolute atomic E-state index is 15.7. The van der Waals surface area contributed by atoms with Crippen LogP contribution in [0.5, 0.6) is 0 Å². The minimum absolute atomic E-state index is 0.000966. The summed E-state index contributed by atoms with van der Waals surface area (Å²) in [5.74, 6) is -1.60. The van der Waals surface area contributed by atoms with Gasteiger partial charge in [0.2, 0.25) is 17.8 Å². The molecule has 5 heterocycles. The minimum Gasteiger partial charge on any atom is -0.446 e. The molecule has 1 saturated carbocycles. The lowest BCUT2D eigenvalue weighted by atomic mass is 9.93. The number of alkyl halides is 1. The van der Waals surface area contributed by atoms with Gasteiger partial charge in [-0.05, 0) is 74.9 Å². The number of anilines is 3. The summed E-state index contributed by atoms with van der Waals surface area (Å²) in [4.78, 5) is 63.1. The number of hydrogen-bond acceptors (Lipinski definition) is 11. The number of carbonyl (C=O) groups is 3. The number of halogens is 3. The van der Waals surface area contributed by atoms with Crippen LogP contribution < -0.4 is 26.4 Å². The molecular formula is C42H46F3N9O5. The number of hydrogen-bond donors (Lipinski definition) is 3. The first kappa shape index (κ1) is 39.8. The van der Waals surface area contributed by atoms with E-state index in [0.29, 0.717) is 88.2 Å². The van der Waals surface area contributed by atoms with Crippen molar-refractivity contribution in [1.82, 2.24) is 29.7 Å². The fraction of sp³-hybridized carbons (Fsp3) is 0.429. The van der Waals surface area contributed by atoms with Gasteiger partial charge in [-0.2, -0.15) is 0 Å². The number of carbonyl (C=O) groups excluding carboxylic acids is 3. The van der Waals surface area contributed by atoms with Gasteiger partial charge in [0, 0.05) is 80.4 Å². The van der Waals surface area contributed by atoms with E-state index in [1.165, 1.54) is 16.7 Å². The van der Waals surface area contributed by atoms with Crippen molar-refractivity contribution in [2.45, 2.75) is 75.3 Å². The number of nitrogens with zero attached hydrogens (tertiary/aromatic N) is 6. The van der Waals surface area contributed by atoms with E-state index in [2.05, 4.69) is 30.8 Å². The Bertz CT molecular complexity index is 2250. The van der Waals surface area contributed by atoms with Crippen LogP contribution in [0.3, 0.4) is 0 Å². The fourth-order valence-corrected chi connectivity index (χ4v) is 8.45. The zero-order chi connectivity index (χ0) is 41.0. The van der Waals surface area contributed by atoms with Crippen molar-refractivity contribution in [2.75, 3.05) is 54.8 Å². The van der Waals surface area contributed by atoms with Crippen molar-refractivity contribution in [3.8, 4) is 16.9 Å². The maximum Gasteiger partial charge on any atom is 0.410 e. The van der Waals surface area contributed by atoms with Gasteiger partial charge in [0.1, 0.15) is 29.8 Å². The SMILES string of the molecule is O=C1CCC(Nc2ccc(N3CCC(N4CCN(C(=O)OC5CCC(Nc6ncc(F)c(-c7cccc(-n8ccccc8=O)c7)n6)CC5)CC4)C(F)C3)c(F)c2)C(=O)N1. The third kappa shape index (κ3) is 9.19. The Morgan fingerprint density at radius 1 is 0.847 bits per heavy atom. The predicted molar refractivity (Wildman–Crippen MR) is 214 cm³/mol. The van der Waals surface area contributed by atoms with Crippen LogP contribution >= 0.6 is 0 Å². The zero-order valence-electron chi connectivity index (χ0n) is 32.4. The van der Waals surface area contributed by atoms with E-state index in [1.807, 2.05) is 0 Å². The molecule has 3 saturated heterocycles. The number of pyridine rings is 1. The highest BCUT2D eigenvalue weighted by atomic mass is 19.1. The molecule has 0 spiro atoms. The third-order valence-electron chi connectivity index (χ3n) is 11.7. The van der Waals surface area contributed by atoms with Gasteiger partial charge in [0.25, 0.3) is 5.56 Å². The Balaban J connectivity index is 0.772. The van der Waals surface area contributed by atoms with Crippen LogP contribution in [0.15, 0.2) is 77.9 Å². The second kappa shape index (κ2) is 17.5. The largest absolute Gasteiger partial charge is 0.446 e. The summed E-state index contributed by atoms with van der Waals surface area (Å²) in [6, 6.07) is 15.3. The van der Waals surface area contributed by atoms with Gasteiger partial charge in [0.05, 0.1) is 18.4 Å². The molecule has 0 bridgehead atoms.